The first-order chi connectivity index (χ1) is 3.13. The highest BCUT2D eigenvalue weighted by molar-refractivity contribution is 4.73. The second-order valence-corrected chi connectivity index (χ2v) is 0.789. The standard InChI is InChI=1S/C5H10/c1-3-5-4-2/h3,5H,4H2,1-2H3/i3D,4D. The summed E-state index contributed by atoms with van der Waals surface area (Å²) in [5, 5.41) is 0. The van der Waals surface area contributed by atoms with Gasteiger partial charge in [0.25, 0.3) is 0 Å². The summed E-state index contributed by atoms with van der Waals surface area (Å²) in [5.41, 5.74) is 0. The van der Waals surface area contributed by atoms with E-state index in [0.29, 0.717) is 6.05 Å². The predicted molar refractivity (Wildman–Crippen MR) is 25.1 cm³/mol. The summed E-state index contributed by atoms with van der Waals surface area (Å²) in [6, 6.07) is 0.475. The van der Waals surface area contributed by atoms with Gasteiger partial charge >= 0.3 is 0 Å². The van der Waals surface area contributed by atoms with E-state index < -0.39 is 0 Å². The molecule has 0 aromatic carbocycles. The summed E-state index contributed by atoms with van der Waals surface area (Å²) >= 11 is 0. The van der Waals surface area contributed by atoms with Crippen molar-refractivity contribution in [1.82, 2.24) is 0 Å². The van der Waals surface area contributed by atoms with Gasteiger partial charge in [0.05, 0.1) is 1.37 Å². The Morgan fingerprint density at radius 1 is 2.20 bits per heavy atom. The summed E-state index contributed by atoms with van der Waals surface area (Å²) < 4.78 is 13.8. The van der Waals surface area contributed by atoms with Gasteiger partial charge in [0, 0.05) is 1.37 Å². The lowest BCUT2D eigenvalue weighted by molar-refractivity contribution is 1.22. The SMILES string of the molecule is [2H]C(C)=CC([2H])C. The molecular weight excluding hydrogens is 60.1 g/mol. The van der Waals surface area contributed by atoms with Crippen LogP contribution < -0.4 is 0 Å². The van der Waals surface area contributed by atoms with Crippen LogP contribution in [-0.4, -0.2) is 0 Å². The Kier molecular flexibility index (Phi) is 1.51. The van der Waals surface area contributed by atoms with E-state index in [4.69, 9.17) is 2.74 Å². The van der Waals surface area contributed by atoms with Crippen molar-refractivity contribution in [3.63, 3.8) is 0 Å². The smallest absolute Gasteiger partial charge is 0.0569 e. The van der Waals surface area contributed by atoms with Crippen LogP contribution in [0.4, 0.5) is 0 Å². The van der Waals surface area contributed by atoms with Crippen molar-refractivity contribution in [2.75, 3.05) is 0 Å². The molecule has 0 aliphatic carbocycles. The van der Waals surface area contributed by atoms with Gasteiger partial charge in [-0.25, -0.2) is 0 Å². The van der Waals surface area contributed by atoms with Crippen LogP contribution in [0.5, 0.6) is 0 Å². The molecule has 0 aromatic heterocycles. The van der Waals surface area contributed by atoms with E-state index in [1.165, 1.54) is 0 Å². The molecule has 0 fully saturated rings. The lowest BCUT2D eigenvalue weighted by Crippen LogP contribution is -1.43. The summed E-state index contributed by atoms with van der Waals surface area (Å²) in [6.45, 7) is 3.41. The van der Waals surface area contributed by atoms with E-state index in [9.17, 15) is 0 Å². The molecule has 0 amide bonds. The Balaban J connectivity index is 3.45. The van der Waals surface area contributed by atoms with Crippen LogP contribution in [0.1, 0.15) is 23.0 Å². The van der Waals surface area contributed by atoms with Gasteiger partial charge in [0.1, 0.15) is 0 Å². The average molecular weight is 72.1 g/mol. The van der Waals surface area contributed by atoms with Crippen molar-refractivity contribution in [3.05, 3.63) is 12.1 Å². The van der Waals surface area contributed by atoms with Crippen molar-refractivity contribution in [2.45, 2.75) is 20.2 Å². The highest BCUT2D eigenvalue weighted by Gasteiger charge is 1.52. The van der Waals surface area contributed by atoms with Crippen molar-refractivity contribution in [1.29, 1.82) is 0 Å². The van der Waals surface area contributed by atoms with Crippen molar-refractivity contribution >= 4 is 0 Å². The van der Waals surface area contributed by atoms with Gasteiger partial charge in [0.15, 0.2) is 0 Å². The molecule has 0 saturated carbocycles. The molecule has 5 heavy (non-hydrogen) atoms. The van der Waals surface area contributed by atoms with E-state index in [-0.39, 0.29) is 6.40 Å². The molecule has 30 valence electrons. The van der Waals surface area contributed by atoms with E-state index in [1.54, 1.807) is 19.9 Å². The fourth-order valence-corrected chi connectivity index (χ4v) is 0.167. The summed E-state index contributed by atoms with van der Waals surface area (Å²) in [7, 11) is 0. The third-order valence-electron chi connectivity index (χ3n) is 0.333. The zero-order chi connectivity index (χ0) is 5.86. The Hall–Kier alpha value is -0.260. The molecule has 1 atom stereocenters. The molecule has 0 bridgehead atoms. The highest BCUT2D eigenvalue weighted by atomic mass is 13.6. The number of hydrogen-bond acceptors (Lipinski definition) is 0. The number of allylic oxidation sites excluding steroid dienone is 2. The lowest BCUT2D eigenvalue weighted by atomic mass is 10.4. The van der Waals surface area contributed by atoms with Gasteiger partial charge < -0.3 is 0 Å². The molecule has 0 radical (unpaired) electrons. The Morgan fingerprint density at radius 3 is 2.80 bits per heavy atom. The van der Waals surface area contributed by atoms with Crippen LogP contribution in [0.15, 0.2) is 12.1 Å². The summed E-state index contributed by atoms with van der Waals surface area (Å²) in [4.78, 5) is 0. The molecule has 0 N–H and O–H groups in total. The molecule has 0 aromatic rings. The molecular formula is C5H10. The molecule has 0 aliphatic heterocycles. The maximum absolute atomic E-state index is 6.91. The zero-order valence-electron chi connectivity index (χ0n) is 5.65. The maximum Gasteiger partial charge on any atom is 0.0569 e. The van der Waals surface area contributed by atoms with E-state index >= 15 is 0 Å². The predicted octanol–water partition coefficient (Wildman–Crippen LogP) is 1.97. The van der Waals surface area contributed by atoms with Gasteiger partial charge in [-0.15, -0.1) is 0 Å². The monoisotopic (exact) mass is 72.1 g/mol. The van der Waals surface area contributed by atoms with Crippen molar-refractivity contribution in [3.8, 4) is 0 Å². The van der Waals surface area contributed by atoms with Gasteiger partial charge in [-0.3, -0.25) is 0 Å². The van der Waals surface area contributed by atoms with Crippen LogP contribution in [-0.2, 0) is 0 Å². The van der Waals surface area contributed by atoms with E-state index in [2.05, 4.69) is 0 Å². The number of rotatable bonds is 1. The van der Waals surface area contributed by atoms with Crippen LogP contribution in [0.2, 0.25) is 0 Å². The van der Waals surface area contributed by atoms with Gasteiger partial charge in [-0.2, -0.15) is 0 Å². The molecule has 0 saturated heterocycles. The third-order valence-corrected chi connectivity index (χ3v) is 0.333. The molecule has 0 nitrogen and oxygen atoms in total. The normalized spacial score (nSPS) is 24.0. The summed E-state index contributed by atoms with van der Waals surface area (Å²) in [6.07, 6.45) is 1.36. The lowest BCUT2D eigenvalue weighted by Gasteiger charge is -1.65. The topological polar surface area (TPSA) is 0 Å². The number of hydrogen-bond donors (Lipinski definition) is 0. The second-order valence-electron chi connectivity index (χ2n) is 0.789. The minimum Gasteiger partial charge on any atom is -0.0917 e. The second kappa shape index (κ2) is 3.74. The highest BCUT2D eigenvalue weighted by Crippen LogP contribution is 1.73. The van der Waals surface area contributed by atoms with Gasteiger partial charge in [0.2, 0.25) is 0 Å². The molecule has 0 aliphatic rings. The third kappa shape index (κ3) is 3.74. The largest absolute Gasteiger partial charge is 0.0917 e. The first-order valence-corrected chi connectivity index (χ1v) is 1.70. The Morgan fingerprint density at radius 2 is 2.80 bits per heavy atom. The van der Waals surface area contributed by atoms with Crippen LogP contribution in [0, 0.1) is 0 Å². The fraction of sp³-hybridized carbons (Fsp3) is 0.600. The first kappa shape index (κ1) is 2.01. The van der Waals surface area contributed by atoms with Crippen molar-refractivity contribution < 1.29 is 2.74 Å². The maximum atomic E-state index is 6.91. The minimum absolute atomic E-state index is 0.225. The molecule has 0 heterocycles. The first-order valence-electron chi connectivity index (χ1n) is 2.78. The quantitative estimate of drug-likeness (QED) is 0.415. The Labute approximate surface area is 36.3 Å². The van der Waals surface area contributed by atoms with Gasteiger partial charge in [-0.1, -0.05) is 19.1 Å². The van der Waals surface area contributed by atoms with Crippen LogP contribution in [0.25, 0.3) is 0 Å². The minimum atomic E-state index is -0.225. The zero-order valence-corrected chi connectivity index (χ0v) is 3.65. The van der Waals surface area contributed by atoms with E-state index in [1.807, 2.05) is 0 Å². The Bertz CT molecular complexity index is 70.1. The fourth-order valence-electron chi connectivity index (χ4n) is 0.167. The van der Waals surface area contributed by atoms with Crippen LogP contribution in [0.3, 0.4) is 0 Å². The molecule has 0 rings (SSSR count). The molecule has 0 heteroatoms. The van der Waals surface area contributed by atoms with E-state index in [0.717, 1.165) is 0 Å². The summed E-state index contributed by atoms with van der Waals surface area (Å²) in [5.74, 6) is 0. The molecule has 0 spiro atoms. The van der Waals surface area contributed by atoms with Crippen molar-refractivity contribution in [2.24, 2.45) is 0 Å². The molecule has 1 unspecified atom stereocenters. The van der Waals surface area contributed by atoms with Gasteiger partial charge in [-0.05, 0) is 13.3 Å². The van der Waals surface area contributed by atoms with Crippen LogP contribution >= 0.6 is 0 Å². The average Bonchev–Trinajstić information content (AvgIpc) is 1.27.